The van der Waals surface area contributed by atoms with Crippen molar-refractivity contribution in [3.8, 4) is 0 Å². The average molecular weight is 1230 g/mol. The number of ether oxygens (including phenoxy) is 4. The number of phosphoric acid groups is 2. The minimum Gasteiger partial charge on any atom is -0.462 e. The predicted octanol–water partition coefficient (Wildman–Crippen LogP) is 17.4. The maximum absolute atomic E-state index is 13.0. The normalized spacial score (nSPS) is 14.4. The Labute approximate surface area is 505 Å². The highest BCUT2D eigenvalue weighted by Gasteiger charge is 2.30. The molecule has 0 aliphatic carbocycles. The van der Waals surface area contributed by atoms with E-state index in [1.165, 1.54) is 103 Å². The fourth-order valence-electron chi connectivity index (χ4n) is 9.43. The Morgan fingerprint density at radius 3 is 0.747 bits per heavy atom. The molecule has 0 saturated heterocycles. The summed E-state index contributed by atoms with van der Waals surface area (Å²) in [7, 11) is -9.89. The minimum absolute atomic E-state index is 0.102. The Morgan fingerprint density at radius 2 is 0.506 bits per heavy atom. The molecule has 0 fully saturated rings. The third-order valence-corrected chi connectivity index (χ3v) is 16.5. The molecule has 0 bridgehead atoms. The number of carbonyl (C=O) groups is 4. The molecular weight excluding hydrogens is 1100 g/mol. The molecule has 0 aliphatic heterocycles. The Balaban J connectivity index is 5.25. The van der Waals surface area contributed by atoms with Crippen molar-refractivity contribution in [2.24, 2.45) is 23.7 Å². The molecule has 0 radical (unpaired) electrons. The maximum atomic E-state index is 13.0. The van der Waals surface area contributed by atoms with Gasteiger partial charge < -0.3 is 33.8 Å². The Hall–Kier alpha value is -1.94. The van der Waals surface area contributed by atoms with Crippen LogP contribution in [0.2, 0.25) is 0 Å². The van der Waals surface area contributed by atoms with Crippen molar-refractivity contribution in [1.29, 1.82) is 0 Å². The lowest BCUT2D eigenvalue weighted by Gasteiger charge is -2.21. The molecule has 17 nitrogen and oxygen atoms in total. The van der Waals surface area contributed by atoms with E-state index in [9.17, 15) is 43.2 Å². The lowest BCUT2D eigenvalue weighted by Crippen LogP contribution is -2.30. The van der Waals surface area contributed by atoms with E-state index in [-0.39, 0.29) is 25.7 Å². The molecule has 0 amide bonds. The number of hydrogen-bond acceptors (Lipinski definition) is 15. The van der Waals surface area contributed by atoms with Crippen LogP contribution in [0.3, 0.4) is 0 Å². The summed E-state index contributed by atoms with van der Waals surface area (Å²) >= 11 is 0. The smallest absolute Gasteiger partial charge is 0.462 e. The van der Waals surface area contributed by atoms with Crippen LogP contribution in [0.5, 0.6) is 0 Å². The monoisotopic (exact) mass is 1230 g/mol. The van der Waals surface area contributed by atoms with Gasteiger partial charge in [-0.05, 0) is 49.4 Å². The van der Waals surface area contributed by atoms with Crippen LogP contribution in [0.15, 0.2) is 0 Å². The van der Waals surface area contributed by atoms with Crippen LogP contribution in [0.4, 0.5) is 0 Å². The highest BCUT2D eigenvalue weighted by Crippen LogP contribution is 2.45. The molecule has 0 aromatic carbocycles. The lowest BCUT2D eigenvalue weighted by atomic mass is 10.0. The fourth-order valence-corrected chi connectivity index (χ4v) is 11.0. The van der Waals surface area contributed by atoms with Gasteiger partial charge >= 0.3 is 39.5 Å². The van der Waals surface area contributed by atoms with Crippen molar-refractivity contribution in [3.05, 3.63) is 0 Å². The summed E-state index contributed by atoms with van der Waals surface area (Å²) in [4.78, 5) is 72.2. The van der Waals surface area contributed by atoms with Gasteiger partial charge in [0.2, 0.25) is 0 Å². The summed E-state index contributed by atoms with van der Waals surface area (Å²) < 4.78 is 68.0. The number of phosphoric ester groups is 2. The van der Waals surface area contributed by atoms with E-state index < -0.39 is 97.5 Å². The highest BCUT2D eigenvalue weighted by molar-refractivity contribution is 7.47. The Morgan fingerprint density at radius 1 is 0.301 bits per heavy atom. The van der Waals surface area contributed by atoms with Gasteiger partial charge in [-0.15, -0.1) is 0 Å². The molecule has 0 saturated carbocycles. The number of unbranched alkanes of at least 4 members (excludes halogenated alkanes) is 27. The molecule has 5 atom stereocenters. The van der Waals surface area contributed by atoms with Crippen LogP contribution in [-0.4, -0.2) is 96.7 Å². The molecular formula is C64H124O17P2. The third-order valence-electron chi connectivity index (χ3n) is 14.6. The van der Waals surface area contributed by atoms with Gasteiger partial charge in [-0.25, -0.2) is 9.13 Å². The number of carbonyl (C=O) groups excluding carboxylic acids is 4. The van der Waals surface area contributed by atoms with Crippen molar-refractivity contribution < 1.29 is 80.2 Å². The van der Waals surface area contributed by atoms with E-state index in [1.54, 1.807) is 0 Å². The van der Waals surface area contributed by atoms with E-state index in [4.69, 9.17) is 37.0 Å². The van der Waals surface area contributed by atoms with E-state index in [0.717, 1.165) is 108 Å². The largest absolute Gasteiger partial charge is 0.472 e. The van der Waals surface area contributed by atoms with Crippen LogP contribution in [0.1, 0.15) is 306 Å². The molecule has 3 N–H and O–H groups in total. The molecule has 0 aliphatic rings. The second kappa shape index (κ2) is 54.2. The lowest BCUT2D eigenvalue weighted by molar-refractivity contribution is -0.161. The summed E-state index contributed by atoms with van der Waals surface area (Å²) in [5.41, 5.74) is 0. The quantitative estimate of drug-likeness (QED) is 0.0222. The van der Waals surface area contributed by atoms with E-state index in [1.807, 2.05) is 0 Å². The van der Waals surface area contributed by atoms with Crippen LogP contribution < -0.4 is 0 Å². The van der Waals surface area contributed by atoms with Crippen LogP contribution >= 0.6 is 15.6 Å². The molecule has 19 heteroatoms. The molecule has 0 aromatic heterocycles. The van der Waals surface area contributed by atoms with Crippen molar-refractivity contribution >= 4 is 39.5 Å². The van der Waals surface area contributed by atoms with Gasteiger partial charge in [-0.2, -0.15) is 0 Å². The molecule has 0 rings (SSSR count). The highest BCUT2D eigenvalue weighted by atomic mass is 31.2. The molecule has 0 aromatic rings. The molecule has 0 spiro atoms. The summed E-state index contributed by atoms with van der Waals surface area (Å²) in [6, 6.07) is 0. The summed E-state index contributed by atoms with van der Waals surface area (Å²) in [5.74, 6) is 0.711. The number of aliphatic hydroxyl groups excluding tert-OH is 1. The van der Waals surface area contributed by atoms with E-state index in [2.05, 4.69) is 55.4 Å². The SMILES string of the molecule is CC(C)CCCCCCCCCCCCC(=O)O[C@H](COC(=O)CCCCCCCCCCC(C)C)COP(=O)(O)OCC(O)COP(=O)(O)OC[C@@H](COC(=O)CCCCCCCCC(C)C)OC(=O)CCCCCCCCCC(C)C. The zero-order valence-electron chi connectivity index (χ0n) is 53.8. The first-order chi connectivity index (χ1) is 39.6. The standard InChI is InChI=1S/C64H124O17P2/c1-54(2)40-32-24-16-11-9-10-12-20-30-38-46-63(68)80-59(50-74-61(66)44-36-28-19-14-13-17-25-33-41-55(3)4)52-78-82(70,71)76-48-58(65)49-77-83(72,73)79-53-60(51-75-62(67)45-37-29-23-22-27-35-43-57(7)8)81-64(69)47-39-31-21-15-18-26-34-42-56(5)6/h54-60,65H,9-53H2,1-8H3,(H,70,71)(H,72,73)/t58?,59-,60-/m1/s1. The zero-order chi connectivity index (χ0) is 61.8. The third kappa shape index (κ3) is 58.8. The fraction of sp³-hybridized carbons (Fsp3) is 0.938. The second-order valence-corrected chi connectivity index (χ2v) is 28.0. The van der Waals surface area contributed by atoms with Gasteiger partial charge in [0, 0.05) is 25.7 Å². The van der Waals surface area contributed by atoms with Gasteiger partial charge in [-0.1, -0.05) is 254 Å². The van der Waals surface area contributed by atoms with Gasteiger partial charge in [0.1, 0.15) is 19.3 Å². The van der Waals surface area contributed by atoms with Crippen molar-refractivity contribution in [3.63, 3.8) is 0 Å². The van der Waals surface area contributed by atoms with Gasteiger partial charge in [0.25, 0.3) is 0 Å². The number of rotatable bonds is 61. The average Bonchev–Trinajstić information content (AvgIpc) is 3.42. The second-order valence-electron chi connectivity index (χ2n) is 25.1. The number of hydrogen-bond donors (Lipinski definition) is 3. The van der Waals surface area contributed by atoms with Gasteiger partial charge in [-0.3, -0.25) is 37.3 Å². The number of aliphatic hydroxyl groups is 1. The summed E-state index contributed by atoms with van der Waals surface area (Å²) in [5, 5.41) is 10.5. The Kier molecular flexibility index (Phi) is 53.0. The minimum atomic E-state index is -4.95. The molecule has 83 heavy (non-hydrogen) atoms. The zero-order valence-corrected chi connectivity index (χ0v) is 55.6. The first kappa shape index (κ1) is 81.1. The Bertz CT molecular complexity index is 1660. The van der Waals surface area contributed by atoms with E-state index >= 15 is 0 Å². The number of esters is 4. The first-order valence-electron chi connectivity index (χ1n) is 33.2. The van der Waals surface area contributed by atoms with Crippen LogP contribution in [-0.2, 0) is 65.4 Å². The van der Waals surface area contributed by atoms with Crippen molar-refractivity contribution in [2.75, 3.05) is 39.6 Å². The topological polar surface area (TPSA) is 237 Å². The maximum Gasteiger partial charge on any atom is 0.472 e. The van der Waals surface area contributed by atoms with Crippen LogP contribution in [0, 0.1) is 23.7 Å². The van der Waals surface area contributed by atoms with Gasteiger partial charge in [0.05, 0.1) is 26.4 Å². The molecule has 492 valence electrons. The van der Waals surface area contributed by atoms with Crippen molar-refractivity contribution in [1.82, 2.24) is 0 Å². The van der Waals surface area contributed by atoms with Crippen molar-refractivity contribution in [2.45, 2.75) is 324 Å². The van der Waals surface area contributed by atoms with Gasteiger partial charge in [0.15, 0.2) is 12.2 Å². The molecule has 0 heterocycles. The molecule has 3 unspecified atom stereocenters. The van der Waals surface area contributed by atoms with E-state index in [0.29, 0.717) is 37.5 Å². The predicted molar refractivity (Wildman–Crippen MR) is 331 cm³/mol. The summed E-state index contributed by atoms with van der Waals surface area (Å²) in [6.07, 6.45) is 33.7. The summed E-state index contributed by atoms with van der Waals surface area (Å²) in [6.45, 7) is 13.9. The van der Waals surface area contributed by atoms with Crippen LogP contribution in [0.25, 0.3) is 0 Å². The first-order valence-corrected chi connectivity index (χ1v) is 36.2.